The minimum atomic E-state index is -0.419. The third-order valence-electron chi connectivity index (χ3n) is 4.63. The first-order chi connectivity index (χ1) is 14.9. The Morgan fingerprint density at radius 2 is 1.90 bits per heavy atom. The Morgan fingerprint density at radius 3 is 2.71 bits per heavy atom. The number of benzene rings is 2. The summed E-state index contributed by atoms with van der Waals surface area (Å²) in [5.41, 5.74) is 3.80. The van der Waals surface area contributed by atoms with E-state index in [2.05, 4.69) is 21.6 Å². The van der Waals surface area contributed by atoms with Crippen molar-refractivity contribution in [3.05, 3.63) is 65.7 Å². The standard InChI is InChI=1S/C23H22N4O3S/c1-14(2)30-22(29)16-7-6-8-17(12-16)24-21(28)13-31-23-26-25-20-11-15(3)18-9-4-5-10-19(18)27(20)23/h4-12,14H,13H2,1-3H3,(H,24,28). The maximum atomic E-state index is 12.5. The van der Waals surface area contributed by atoms with Crippen LogP contribution >= 0.6 is 11.8 Å². The quantitative estimate of drug-likeness (QED) is 0.356. The second-order valence-corrected chi connectivity index (χ2v) is 8.33. The number of carbonyl (C=O) groups excluding carboxylic acids is 2. The summed E-state index contributed by atoms with van der Waals surface area (Å²) in [5, 5.41) is 13.1. The molecule has 7 nitrogen and oxygen atoms in total. The van der Waals surface area contributed by atoms with Crippen LogP contribution in [0.4, 0.5) is 5.69 Å². The number of amides is 1. The summed E-state index contributed by atoms with van der Waals surface area (Å²) in [6.07, 6.45) is -0.208. The van der Waals surface area contributed by atoms with Crippen molar-refractivity contribution in [3.63, 3.8) is 0 Å². The number of thioether (sulfide) groups is 1. The number of ether oxygens (including phenoxy) is 1. The van der Waals surface area contributed by atoms with Crippen LogP contribution < -0.4 is 5.32 Å². The second kappa shape index (κ2) is 8.77. The van der Waals surface area contributed by atoms with Gasteiger partial charge in [-0.3, -0.25) is 9.20 Å². The van der Waals surface area contributed by atoms with E-state index in [9.17, 15) is 9.59 Å². The molecule has 0 saturated heterocycles. The van der Waals surface area contributed by atoms with Crippen LogP contribution in [0.3, 0.4) is 0 Å². The van der Waals surface area contributed by atoms with Gasteiger partial charge in [-0.25, -0.2) is 4.79 Å². The topological polar surface area (TPSA) is 85.6 Å². The van der Waals surface area contributed by atoms with Gasteiger partial charge in [-0.15, -0.1) is 10.2 Å². The zero-order valence-electron chi connectivity index (χ0n) is 17.5. The van der Waals surface area contributed by atoms with E-state index in [-0.39, 0.29) is 17.8 Å². The highest BCUT2D eigenvalue weighted by Crippen LogP contribution is 2.25. The molecule has 4 aromatic rings. The molecule has 0 saturated carbocycles. The van der Waals surface area contributed by atoms with Crippen LogP contribution in [-0.4, -0.2) is 38.3 Å². The fraction of sp³-hybridized carbons (Fsp3) is 0.217. The van der Waals surface area contributed by atoms with Gasteiger partial charge in [0, 0.05) is 11.1 Å². The van der Waals surface area contributed by atoms with E-state index in [0.717, 1.165) is 22.1 Å². The van der Waals surface area contributed by atoms with Crippen molar-refractivity contribution in [1.29, 1.82) is 0 Å². The molecule has 2 aromatic heterocycles. The van der Waals surface area contributed by atoms with Gasteiger partial charge in [-0.2, -0.15) is 0 Å². The summed E-state index contributed by atoms with van der Waals surface area (Å²) in [7, 11) is 0. The van der Waals surface area contributed by atoms with Crippen molar-refractivity contribution in [2.45, 2.75) is 32.0 Å². The van der Waals surface area contributed by atoms with Crippen molar-refractivity contribution < 1.29 is 14.3 Å². The number of nitrogens with one attached hydrogen (secondary N) is 1. The molecule has 158 valence electrons. The molecule has 0 aliphatic rings. The van der Waals surface area contributed by atoms with Gasteiger partial charge in [0.25, 0.3) is 0 Å². The molecule has 4 rings (SSSR count). The predicted molar refractivity (Wildman–Crippen MR) is 122 cm³/mol. The highest BCUT2D eigenvalue weighted by molar-refractivity contribution is 7.99. The predicted octanol–water partition coefficient (Wildman–Crippen LogP) is 4.49. The number of fused-ring (bicyclic) bond motifs is 3. The van der Waals surface area contributed by atoms with E-state index >= 15 is 0 Å². The fourth-order valence-corrected chi connectivity index (χ4v) is 4.05. The molecule has 0 spiro atoms. The minimum absolute atomic E-state index is 0.156. The van der Waals surface area contributed by atoms with E-state index in [4.69, 9.17) is 4.74 Å². The average molecular weight is 435 g/mol. The molecule has 0 bridgehead atoms. The summed E-state index contributed by atoms with van der Waals surface area (Å²) < 4.78 is 7.16. The van der Waals surface area contributed by atoms with Gasteiger partial charge >= 0.3 is 5.97 Å². The number of aryl methyl sites for hydroxylation is 1. The minimum Gasteiger partial charge on any atom is -0.459 e. The zero-order valence-corrected chi connectivity index (χ0v) is 18.3. The number of hydrogen-bond acceptors (Lipinski definition) is 6. The van der Waals surface area contributed by atoms with Gasteiger partial charge in [0.2, 0.25) is 5.91 Å². The molecule has 8 heteroatoms. The number of rotatable bonds is 6. The van der Waals surface area contributed by atoms with Crippen molar-refractivity contribution in [2.24, 2.45) is 0 Å². The van der Waals surface area contributed by atoms with Crippen molar-refractivity contribution in [1.82, 2.24) is 14.6 Å². The Hall–Kier alpha value is -3.39. The van der Waals surface area contributed by atoms with E-state index in [0.29, 0.717) is 16.4 Å². The van der Waals surface area contributed by atoms with E-state index in [1.54, 1.807) is 38.1 Å². The Balaban J connectivity index is 1.48. The second-order valence-electron chi connectivity index (χ2n) is 7.39. The van der Waals surface area contributed by atoms with E-state index < -0.39 is 5.97 Å². The highest BCUT2D eigenvalue weighted by atomic mass is 32.2. The smallest absolute Gasteiger partial charge is 0.338 e. The summed E-state index contributed by atoms with van der Waals surface area (Å²) in [6.45, 7) is 5.63. The van der Waals surface area contributed by atoms with Crippen LogP contribution in [0.1, 0.15) is 29.8 Å². The summed E-state index contributed by atoms with van der Waals surface area (Å²) in [4.78, 5) is 24.6. The SMILES string of the molecule is Cc1cc2nnc(SCC(=O)Nc3cccc(C(=O)OC(C)C)c3)n2c2ccccc12. The fourth-order valence-electron chi connectivity index (χ4n) is 3.30. The van der Waals surface area contributed by atoms with Crippen molar-refractivity contribution in [3.8, 4) is 0 Å². The molecule has 1 N–H and O–H groups in total. The number of aromatic nitrogens is 3. The third-order valence-corrected chi connectivity index (χ3v) is 5.56. The number of anilines is 1. The normalized spacial score (nSPS) is 11.2. The molecule has 31 heavy (non-hydrogen) atoms. The summed E-state index contributed by atoms with van der Waals surface area (Å²) in [6, 6.07) is 16.7. The molecule has 2 heterocycles. The number of pyridine rings is 1. The van der Waals surface area contributed by atoms with Gasteiger partial charge < -0.3 is 10.1 Å². The molecular weight excluding hydrogens is 412 g/mol. The van der Waals surface area contributed by atoms with Gasteiger partial charge in [0.05, 0.1) is 22.9 Å². The Kier molecular flexibility index (Phi) is 5.90. The lowest BCUT2D eigenvalue weighted by Gasteiger charge is -2.10. The lowest BCUT2D eigenvalue weighted by molar-refractivity contribution is -0.113. The first-order valence-electron chi connectivity index (χ1n) is 9.89. The van der Waals surface area contributed by atoms with Crippen LogP contribution in [0.25, 0.3) is 16.6 Å². The van der Waals surface area contributed by atoms with Gasteiger partial charge in [-0.05, 0) is 56.7 Å². The molecule has 0 aliphatic carbocycles. The molecule has 0 atom stereocenters. The monoisotopic (exact) mass is 434 g/mol. The first-order valence-corrected chi connectivity index (χ1v) is 10.9. The van der Waals surface area contributed by atoms with Crippen LogP contribution in [0.15, 0.2) is 59.8 Å². The molecule has 0 unspecified atom stereocenters. The first kappa shape index (κ1) is 20.9. The number of hydrogen-bond donors (Lipinski definition) is 1. The Morgan fingerprint density at radius 1 is 1.10 bits per heavy atom. The van der Waals surface area contributed by atoms with E-state index in [1.807, 2.05) is 35.6 Å². The maximum Gasteiger partial charge on any atom is 0.338 e. The third kappa shape index (κ3) is 4.54. The van der Waals surface area contributed by atoms with Gasteiger partial charge in [0.1, 0.15) is 0 Å². The largest absolute Gasteiger partial charge is 0.459 e. The molecule has 0 aliphatic heterocycles. The van der Waals surface area contributed by atoms with Crippen LogP contribution in [0, 0.1) is 6.92 Å². The van der Waals surface area contributed by atoms with Crippen LogP contribution in [0.5, 0.6) is 0 Å². The molecular formula is C23H22N4O3S. The summed E-state index contributed by atoms with van der Waals surface area (Å²) >= 11 is 1.31. The lowest BCUT2D eigenvalue weighted by Crippen LogP contribution is -2.15. The Labute approximate surface area is 183 Å². The zero-order chi connectivity index (χ0) is 22.0. The molecule has 0 fully saturated rings. The highest BCUT2D eigenvalue weighted by Gasteiger charge is 2.14. The number of esters is 1. The van der Waals surface area contributed by atoms with Crippen molar-refractivity contribution in [2.75, 3.05) is 11.1 Å². The molecule has 2 aromatic carbocycles. The average Bonchev–Trinajstić information content (AvgIpc) is 3.15. The maximum absolute atomic E-state index is 12.5. The van der Waals surface area contributed by atoms with Crippen LogP contribution in [0.2, 0.25) is 0 Å². The van der Waals surface area contributed by atoms with Gasteiger partial charge in [-0.1, -0.05) is 36.0 Å². The molecule has 0 radical (unpaired) electrons. The van der Waals surface area contributed by atoms with Crippen LogP contribution in [-0.2, 0) is 9.53 Å². The molecule has 1 amide bonds. The van der Waals surface area contributed by atoms with Crippen molar-refractivity contribution >= 4 is 45.9 Å². The Bertz CT molecular complexity index is 1280. The van der Waals surface area contributed by atoms with E-state index in [1.165, 1.54) is 11.8 Å². The van der Waals surface area contributed by atoms with Gasteiger partial charge in [0.15, 0.2) is 10.8 Å². The number of para-hydroxylation sites is 1. The lowest BCUT2D eigenvalue weighted by atomic mass is 10.1. The number of nitrogens with zero attached hydrogens (tertiary/aromatic N) is 3. The number of carbonyl (C=O) groups is 2. The summed E-state index contributed by atoms with van der Waals surface area (Å²) in [5.74, 6) is -0.464.